The third-order valence-electron chi connectivity index (χ3n) is 2.58. The molecule has 1 amide bonds. The maximum atomic E-state index is 11.3. The largest absolute Gasteiger partial charge is 0.493 e. The van der Waals surface area contributed by atoms with Crippen molar-refractivity contribution in [2.45, 2.75) is 19.9 Å². The standard InChI is InChI=1S/C13H19NO4/c1-5-11(15)14-8-9-6-7-10(16-2)13(18-4)12(9)17-3/h6-7H,5,8H2,1-4H3,(H,14,15). The second-order valence-corrected chi connectivity index (χ2v) is 3.62. The van der Waals surface area contributed by atoms with E-state index in [9.17, 15) is 4.79 Å². The number of nitrogens with one attached hydrogen (secondary N) is 1. The summed E-state index contributed by atoms with van der Waals surface area (Å²) in [7, 11) is 4.67. The van der Waals surface area contributed by atoms with E-state index in [0.29, 0.717) is 30.2 Å². The Balaban J connectivity index is 3.01. The molecule has 1 aromatic carbocycles. The van der Waals surface area contributed by atoms with Crippen LogP contribution in [0.25, 0.3) is 0 Å². The molecule has 1 aromatic rings. The number of benzene rings is 1. The van der Waals surface area contributed by atoms with Crippen molar-refractivity contribution in [3.05, 3.63) is 17.7 Å². The van der Waals surface area contributed by atoms with Gasteiger partial charge in [-0.25, -0.2) is 0 Å². The minimum absolute atomic E-state index is 0.00756. The van der Waals surface area contributed by atoms with Crippen molar-refractivity contribution >= 4 is 5.91 Å². The van der Waals surface area contributed by atoms with Gasteiger partial charge in [-0.05, 0) is 12.1 Å². The van der Waals surface area contributed by atoms with Gasteiger partial charge in [0.05, 0.1) is 21.3 Å². The lowest BCUT2D eigenvalue weighted by molar-refractivity contribution is -0.120. The maximum absolute atomic E-state index is 11.3. The summed E-state index contributed by atoms with van der Waals surface area (Å²) in [6.07, 6.45) is 0.454. The fraction of sp³-hybridized carbons (Fsp3) is 0.462. The summed E-state index contributed by atoms with van der Waals surface area (Å²) in [5.74, 6) is 1.70. The lowest BCUT2D eigenvalue weighted by Crippen LogP contribution is -2.21. The van der Waals surface area contributed by atoms with Gasteiger partial charge >= 0.3 is 0 Å². The van der Waals surface area contributed by atoms with Crippen LogP contribution >= 0.6 is 0 Å². The molecule has 100 valence electrons. The first kappa shape index (κ1) is 14.2. The molecule has 0 atom stereocenters. The lowest BCUT2D eigenvalue weighted by atomic mass is 10.1. The summed E-state index contributed by atoms with van der Waals surface area (Å²) in [6.45, 7) is 2.21. The Bertz CT molecular complexity index is 418. The SMILES string of the molecule is CCC(=O)NCc1ccc(OC)c(OC)c1OC. The first-order valence-corrected chi connectivity index (χ1v) is 5.72. The van der Waals surface area contributed by atoms with Crippen molar-refractivity contribution < 1.29 is 19.0 Å². The Labute approximate surface area is 107 Å². The zero-order valence-electron chi connectivity index (χ0n) is 11.2. The van der Waals surface area contributed by atoms with Gasteiger partial charge in [0.2, 0.25) is 11.7 Å². The van der Waals surface area contributed by atoms with E-state index in [0.717, 1.165) is 5.56 Å². The number of rotatable bonds is 6. The van der Waals surface area contributed by atoms with Crippen molar-refractivity contribution in [2.24, 2.45) is 0 Å². The van der Waals surface area contributed by atoms with Crippen molar-refractivity contribution in [3.63, 3.8) is 0 Å². The fourth-order valence-corrected chi connectivity index (χ4v) is 1.62. The molecular weight excluding hydrogens is 234 g/mol. The van der Waals surface area contributed by atoms with E-state index in [1.807, 2.05) is 6.07 Å². The van der Waals surface area contributed by atoms with E-state index in [1.165, 1.54) is 0 Å². The third-order valence-corrected chi connectivity index (χ3v) is 2.58. The highest BCUT2D eigenvalue weighted by molar-refractivity contribution is 5.75. The van der Waals surface area contributed by atoms with Gasteiger partial charge in [0.1, 0.15) is 0 Å². The Morgan fingerprint density at radius 3 is 2.28 bits per heavy atom. The smallest absolute Gasteiger partial charge is 0.219 e. The summed E-state index contributed by atoms with van der Waals surface area (Å²) < 4.78 is 15.8. The van der Waals surface area contributed by atoms with E-state index in [2.05, 4.69) is 5.32 Å². The van der Waals surface area contributed by atoms with Crippen LogP contribution < -0.4 is 19.5 Å². The monoisotopic (exact) mass is 253 g/mol. The molecule has 1 rings (SSSR count). The quantitative estimate of drug-likeness (QED) is 0.839. The molecule has 1 N–H and O–H groups in total. The van der Waals surface area contributed by atoms with Gasteiger partial charge < -0.3 is 19.5 Å². The summed E-state index contributed by atoms with van der Waals surface area (Å²) in [4.78, 5) is 11.3. The number of amides is 1. The van der Waals surface area contributed by atoms with Crippen LogP contribution in [-0.2, 0) is 11.3 Å². The molecule has 0 saturated heterocycles. The number of carbonyl (C=O) groups excluding carboxylic acids is 1. The van der Waals surface area contributed by atoms with Gasteiger partial charge in [0.25, 0.3) is 0 Å². The van der Waals surface area contributed by atoms with Crippen LogP contribution in [0.4, 0.5) is 0 Å². The third kappa shape index (κ3) is 3.06. The average Bonchev–Trinajstić information content (AvgIpc) is 2.43. The van der Waals surface area contributed by atoms with E-state index >= 15 is 0 Å². The fourth-order valence-electron chi connectivity index (χ4n) is 1.62. The van der Waals surface area contributed by atoms with Gasteiger partial charge in [-0.2, -0.15) is 0 Å². The van der Waals surface area contributed by atoms with Gasteiger partial charge in [0.15, 0.2) is 11.5 Å². The van der Waals surface area contributed by atoms with Crippen LogP contribution in [0.15, 0.2) is 12.1 Å². The first-order valence-electron chi connectivity index (χ1n) is 5.72. The summed E-state index contributed by atoms with van der Waals surface area (Å²) in [6, 6.07) is 3.63. The minimum atomic E-state index is -0.00756. The van der Waals surface area contributed by atoms with Crippen LogP contribution in [0.2, 0.25) is 0 Å². The van der Waals surface area contributed by atoms with Gasteiger partial charge in [-0.15, -0.1) is 0 Å². The van der Waals surface area contributed by atoms with Crippen LogP contribution in [0.5, 0.6) is 17.2 Å². The molecule has 0 heterocycles. The number of hydrogen-bond donors (Lipinski definition) is 1. The van der Waals surface area contributed by atoms with Crippen molar-refractivity contribution in [1.82, 2.24) is 5.32 Å². The number of methoxy groups -OCH3 is 3. The van der Waals surface area contributed by atoms with Gasteiger partial charge in [-0.1, -0.05) is 6.92 Å². The molecule has 0 aromatic heterocycles. The Hall–Kier alpha value is -1.91. The van der Waals surface area contributed by atoms with E-state index in [1.54, 1.807) is 34.3 Å². The number of carbonyl (C=O) groups is 1. The van der Waals surface area contributed by atoms with Crippen molar-refractivity contribution in [3.8, 4) is 17.2 Å². The predicted molar refractivity (Wildman–Crippen MR) is 68.2 cm³/mol. The van der Waals surface area contributed by atoms with E-state index in [-0.39, 0.29) is 5.91 Å². The van der Waals surface area contributed by atoms with Gasteiger partial charge in [0, 0.05) is 18.5 Å². The molecular formula is C13H19NO4. The molecule has 0 spiro atoms. The van der Waals surface area contributed by atoms with Gasteiger partial charge in [-0.3, -0.25) is 4.79 Å². The molecule has 5 nitrogen and oxygen atoms in total. The average molecular weight is 253 g/mol. The van der Waals surface area contributed by atoms with Crippen molar-refractivity contribution in [2.75, 3.05) is 21.3 Å². The highest BCUT2D eigenvalue weighted by atomic mass is 16.5. The summed E-state index contributed by atoms with van der Waals surface area (Å²) >= 11 is 0. The molecule has 0 aliphatic rings. The maximum Gasteiger partial charge on any atom is 0.219 e. The molecule has 0 bridgehead atoms. The highest BCUT2D eigenvalue weighted by Crippen LogP contribution is 2.39. The predicted octanol–water partition coefficient (Wildman–Crippen LogP) is 1.74. The normalized spacial score (nSPS) is 9.78. The topological polar surface area (TPSA) is 56.8 Å². The zero-order valence-corrected chi connectivity index (χ0v) is 11.2. The Morgan fingerprint density at radius 2 is 1.78 bits per heavy atom. The van der Waals surface area contributed by atoms with E-state index in [4.69, 9.17) is 14.2 Å². The Kier molecular flexibility index (Phi) is 5.30. The second-order valence-electron chi connectivity index (χ2n) is 3.62. The first-order chi connectivity index (χ1) is 8.67. The molecule has 0 aliphatic heterocycles. The van der Waals surface area contributed by atoms with Crippen molar-refractivity contribution in [1.29, 1.82) is 0 Å². The molecule has 0 unspecified atom stereocenters. The molecule has 0 fully saturated rings. The molecule has 5 heteroatoms. The molecule has 18 heavy (non-hydrogen) atoms. The highest BCUT2D eigenvalue weighted by Gasteiger charge is 2.15. The van der Waals surface area contributed by atoms with Crippen LogP contribution in [0, 0.1) is 0 Å². The van der Waals surface area contributed by atoms with Crippen LogP contribution in [-0.4, -0.2) is 27.2 Å². The van der Waals surface area contributed by atoms with E-state index < -0.39 is 0 Å². The number of hydrogen-bond acceptors (Lipinski definition) is 4. The van der Waals surface area contributed by atoms with Crippen LogP contribution in [0.3, 0.4) is 0 Å². The summed E-state index contributed by atoms with van der Waals surface area (Å²) in [5, 5.41) is 2.80. The second kappa shape index (κ2) is 6.74. The summed E-state index contributed by atoms with van der Waals surface area (Å²) in [5.41, 5.74) is 0.844. The molecule has 0 saturated carbocycles. The lowest BCUT2D eigenvalue weighted by Gasteiger charge is -2.15. The Morgan fingerprint density at radius 1 is 1.11 bits per heavy atom. The number of ether oxygens (including phenoxy) is 3. The minimum Gasteiger partial charge on any atom is -0.493 e. The molecule has 0 radical (unpaired) electrons. The zero-order chi connectivity index (χ0) is 13.5. The molecule has 0 aliphatic carbocycles. The van der Waals surface area contributed by atoms with Crippen LogP contribution in [0.1, 0.15) is 18.9 Å².